The van der Waals surface area contributed by atoms with Crippen molar-refractivity contribution in [2.24, 2.45) is 0 Å². The molecule has 0 saturated carbocycles. The molecular weight excluding hydrogens is 81.7 g/mol. The quantitative estimate of drug-likeness (QED) is 0.442. The number of hydrogen-bond acceptors (Lipinski definition) is 0. The first kappa shape index (κ1) is 7.13. The minimum absolute atomic E-state index is 0.949. The second kappa shape index (κ2) is 4.29. The standard InChI is InChI=1S/C5H14B2/c1-2-5(7)3-4-6/h5H,2-4,6-7H2,1H3. The van der Waals surface area contributed by atoms with Crippen LogP contribution in [0.15, 0.2) is 0 Å². The third-order valence-corrected chi connectivity index (χ3v) is 1.48. The van der Waals surface area contributed by atoms with Crippen LogP contribution < -0.4 is 0 Å². The van der Waals surface area contributed by atoms with Crippen LogP contribution in [0.25, 0.3) is 0 Å². The molecular formula is C5H14B2. The van der Waals surface area contributed by atoms with Crippen LogP contribution in [0.5, 0.6) is 0 Å². The van der Waals surface area contributed by atoms with Crippen molar-refractivity contribution in [3.63, 3.8) is 0 Å². The molecule has 0 bridgehead atoms. The van der Waals surface area contributed by atoms with Crippen molar-refractivity contribution in [3.8, 4) is 0 Å². The van der Waals surface area contributed by atoms with Gasteiger partial charge in [0.25, 0.3) is 0 Å². The zero-order chi connectivity index (χ0) is 5.70. The van der Waals surface area contributed by atoms with Gasteiger partial charge in [0, 0.05) is 0 Å². The summed E-state index contributed by atoms with van der Waals surface area (Å²) in [5, 5.41) is 0. The van der Waals surface area contributed by atoms with Gasteiger partial charge in [-0.2, -0.15) is 0 Å². The largest absolute Gasteiger partial charge is 0.105 e. The first-order chi connectivity index (χ1) is 3.31. The molecule has 2 heteroatoms. The Hall–Kier alpha value is 0.130. The Morgan fingerprint density at radius 2 is 2.14 bits per heavy atom. The maximum Gasteiger partial charge on any atom is 0.105 e. The fraction of sp³-hybridized carbons (Fsp3) is 1.00. The summed E-state index contributed by atoms with van der Waals surface area (Å²) in [7, 11) is 4.55. The molecule has 40 valence electrons. The highest BCUT2D eigenvalue weighted by Crippen LogP contribution is 2.10. The fourth-order valence-corrected chi connectivity index (χ4v) is 0.697. The van der Waals surface area contributed by atoms with Gasteiger partial charge in [-0.1, -0.05) is 31.9 Å². The summed E-state index contributed by atoms with van der Waals surface area (Å²) in [6.45, 7) is 2.25. The van der Waals surface area contributed by atoms with Crippen LogP contribution in [-0.2, 0) is 0 Å². The molecule has 0 N–H and O–H groups in total. The maximum atomic E-state index is 2.31. The lowest BCUT2D eigenvalue weighted by Gasteiger charge is -2.02. The van der Waals surface area contributed by atoms with E-state index in [-0.39, 0.29) is 0 Å². The van der Waals surface area contributed by atoms with Crippen molar-refractivity contribution in [1.29, 1.82) is 0 Å². The molecule has 0 nitrogen and oxygen atoms in total. The molecule has 0 aromatic heterocycles. The number of rotatable bonds is 3. The van der Waals surface area contributed by atoms with Gasteiger partial charge >= 0.3 is 0 Å². The molecule has 0 fully saturated rings. The van der Waals surface area contributed by atoms with E-state index in [9.17, 15) is 0 Å². The average molecular weight is 95.8 g/mol. The summed E-state index contributed by atoms with van der Waals surface area (Å²) in [6.07, 6.45) is 4.08. The van der Waals surface area contributed by atoms with Gasteiger partial charge in [0.2, 0.25) is 0 Å². The lowest BCUT2D eigenvalue weighted by molar-refractivity contribution is 0.767. The van der Waals surface area contributed by atoms with E-state index >= 15 is 0 Å². The van der Waals surface area contributed by atoms with Crippen LogP contribution in [0.1, 0.15) is 19.8 Å². The van der Waals surface area contributed by atoms with Gasteiger partial charge < -0.3 is 0 Å². The SMILES string of the molecule is BCCC(B)CC. The topological polar surface area (TPSA) is 0 Å². The van der Waals surface area contributed by atoms with Gasteiger partial charge in [0.15, 0.2) is 0 Å². The molecule has 1 atom stereocenters. The summed E-state index contributed by atoms with van der Waals surface area (Å²) in [4.78, 5) is 0. The summed E-state index contributed by atoms with van der Waals surface area (Å²) < 4.78 is 0. The Kier molecular flexibility index (Phi) is 4.37. The van der Waals surface area contributed by atoms with Crippen LogP contribution in [-0.4, -0.2) is 15.7 Å². The zero-order valence-corrected chi connectivity index (χ0v) is 5.70. The normalized spacial score (nSPS) is 13.9. The highest BCUT2D eigenvalue weighted by atomic mass is 13.9. The molecule has 0 amide bonds. The summed E-state index contributed by atoms with van der Waals surface area (Å²) >= 11 is 0. The van der Waals surface area contributed by atoms with E-state index < -0.39 is 0 Å². The molecule has 0 aliphatic carbocycles. The van der Waals surface area contributed by atoms with Crippen molar-refractivity contribution < 1.29 is 0 Å². The van der Waals surface area contributed by atoms with Crippen molar-refractivity contribution in [2.45, 2.75) is 31.9 Å². The smallest absolute Gasteiger partial charge is 0.0815 e. The first-order valence-electron chi connectivity index (χ1n) is 3.31. The van der Waals surface area contributed by atoms with Gasteiger partial charge in [0.1, 0.15) is 15.7 Å². The lowest BCUT2D eigenvalue weighted by atomic mass is 9.78. The lowest BCUT2D eigenvalue weighted by Crippen LogP contribution is -1.87. The highest BCUT2D eigenvalue weighted by molar-refractivity contribution is 6.13. The molecule has 0 aliphatic rings. The molecule has 0 radical (unpaired) electrons. The highest BCUT2D eigenvalue weighted by Gasteiger charge is 1.93. The maximum absolute atomic E-state index is 2.31. The van der Waals surface area contributed by atoms with Crippen LogP contribution in [0, 0.1) is 0 Å². The van der Waals surface area contributed by atoms with E-state index in [1.165, 1.54) is 19.2 Å². The third-order valence-electron chi connectivity index (χ3n) is 1.48. The molecule has 7 heavy (non-hydrogen) atoms. The van der Waals surface area contributed by atoms with Gasteiger partial charge in [-0.3, -0.25) is 0 Å². The van der Waals surface area contributed by atoms with E-state index in [1.54, 1.807) is 0 Å². The Morgan fingerprint density at radius 1 is 1.57 bits per heavy atom. The average Bonchev–Trinajstić information content (AvgIpc) is 1.68. The Morgan fingerprint density at radius 3 is 2.29 bits per heavy atom. The van der Waals surface area contributed by atoms with E-state index in [2.05, 4.69) is 22.6 Å². The molecule has 1 unspecified atom stereocenters. The van der Waals surface area contributed by atoms with E-state index in [4.69, 9.17) is 0 Å². The van der Waals surface area contributed by atoms with Crippen LogP contribution >= 0.6 is 0 Å². The molecule has 0 saturated heterocycles. The molecule has 0 aromatic rings. The van der Waals surface area contributed by atoms with E-state index in [0.717, 1.165) is 5.82 Å². The first-order valence-corrected chi connectivity index (χ1v) is 3.31. The minimum atomic E-state index is 0.949. The second-order valence-electron chi connectivity index (χ2n) is 2.30. The van der Waals surface area contributed by atoms with Gasteiger partial charge in [-0.05, 0) is 0 Å². The molecule has 0 rings (SSSR count). The Bertz CT molecular complexity index is 37.1. The minimum Gasteiger partial charge on any atom is -0.0815 e. The van der Waals surface area contributed by atoms with Crippen LogP contribution in [0.3, 0.4) is 0 Å². The number of hydrogen-bond donors (Lipinski definition) is 0. The van der Waals surface area contributed by atoms with Crippen LogP contribution in [0.2, 0.25) is 12.1 Å². The monoisotopic (exact) mass is 96.1 g/mol. The van der Waals surface area contributed by atoms with Crippen molar-refractivity contribution in [1.82, 2.24) is 0 Å². The van der Waals surface area contributed by atoms with Crippen molar-refractivity contribution in [2.75, 3.05) is 0 Å². The summed E-state index contributed by atoms with van der Waals surface area (Å²) in [6, 6.07) is 0. The van der Waals surface area contributed by atoms with Crippen LogP contribution in [0.4, 0.5) is 0 Å². The third kappa shape index (κ3) is 3.97. The Balaban J connectivity index is 2.83. The van der Waals surface area contributed by atoms with Gasteiger partial charge in [-0.15, -0.1) is 0 Å². The predicted octanol–water partition coefficient (Wildman–Crippen LogP) is 0.259. The van der Waals surface area contributed by atoms with Crippen molar-refractivity contribution >= 4 is 15.7 Å². The Labute approximate surface area is 48.5 Å². The van der Waals surface area contributed by atoms with Gasteiger partial charge in [-0.25, -0.2) is 0 Å². The summed E-state index contributed by atoms with van der Waals surface area (Å²) in [5.41, 5.74) is 0. The van der Waals surface area contributed by atoms with Gasteiger partial charge in [0.05, 0.1) is 0 Å². The zero-order valence-electron chi connectivity index (χ0n) is 5.70. The molecule has 0 aliphatic heterocycles. The predicted molar refractivity (Wildman–Crippen MR) is 40.6 cm³/mol. The molecule has 0 heterocycles. The van der Waals surface area contributed by atoms with Crippen molar-refractivity contribution in [3.05, 3.63) is 0 Å². The fourth-order valence-electron chi connectivity index (χ4n) is 0.697. The molecule has 0 aromatic carbocycles. The van der Waals surface area contributed by atoms with E-state index in [0.29, 0.717) is 0 Å². The summed E-state index contributed by atoms with van der Waals surface area (Å²) in [5.74, 6) is 0.949. The van der Waals surface area contributed by atoms with E-state index in [1.807, 2.05) is 0 Å². The molecule has 0 spiro atoms. The second-order valence-corrected chi connectivity index (χ2v) is 2.30.